The van der Waals surface area contributed by atoms with E-state index in [4.69, 9.17) is 5.73 Å². The summed E-state index contributed by atoms with van der Waals surface area (Å²) in [6.45, 7) is 10.7. The highest BCUT2D eigenvalue weighted by atomic mass is 15.3. The molecule has 0 aliphatic carbocycles. The standard InChI is InChI=1S/C13H23N5/c1-4-12-15-11(14)8-13(16-12)18-7-6-17(5-2)10(3)9-18/h8,10H,4-7,9H2,1-3H3,(H2,14,15,16). The van der Waals surface area contributed by atoms with Crippen LogP contribution in [-0.4, -0.2) is 47.1 Å². The van der Waals surface area contributed by atoms with Gasteiger partial charge >= 0.3 is 0 Å². The third kappa shape index (κ3) is 2.72. The van der Waals surface area contributed by atoms with Crippen molar-refractivity contribution >= 4 is 11.6 Å². The highest BCUT2D eigenvalue weighted by Gasteiger charge is 2.23. The molecule has 1 unspecified atom stereocenters. The fraction of sp³-hybridized carbons (Fsp3) is 0.692. The number of piperazine rings is 1. The number of likely N-dealkylation sites (N-methyl/N-ethyl adjacent to an activating group) is 1. The molecule has 0 bridgehead atoms. The second-order valence-electron chi connectivity index (χ2n) is 4.84. The van der Waals surface area contributed by atoms with Crippen molar-refractivity contribution < 1.29 is 0 Å². The molecule has 2 N–H and O–H groups in total. The lowest BCUT2D eigenvalue weighted by atomic mass is 10.2. The molecule has 1 aromatic heterocycles. The maximum Gasteiger partial charge on any atom is 0.134 e. The van der Waals surface area contributed by atoms with Crippen molar-refractivity contribution in [3.05, 3.63) is 11.9 Å². The van der Waals surface area contributed by atoms with Crippen LogP contribution in [0.3, 0.4) is 0 Å². The average molecular weight is 249 g/mol. The number of aromatic nitrogens is 2. The molecule has 0 amide bonds. The zero-order chi connectivity index (χ0) is 13.1. The molecule has 0 radical (unpaired) electrons. The van der Waals surface area contributed by atoms with Gasteiger partial charge in [-0.1, -0.05) is 13.8 Å². The number of anilines is 2. The van der Waals surface area contributed by atoms with Gasteiger partial charge in [0.25, 0.3) is 0 Å². The SMILES string of the molecule is CCc1nc(N)cc(N2CCN(CC)C(C)C2)n1. The first-order chi connectivity index (χ1) is 8.63. The predicted molar refractivity (Wildman–Crippen MR) is 74.7 cm³/mol. The van der Waals surface area contributed by atoms with Gasteiger partial charge in [0.15, 0.2) is 0 Å². The number of hydrogen-bond donors (Lipinski definition) is 1. The molecular formula is C13H23N5. The normalized spacial score (nSPS) is 21.3. The van der Waals surface area contributed by atoms with E-state index in [-0.39, 0.29) is 0 Å². The van der Waals surface area contributed by atoms with Crippen molar-refractivity contribution in [2.45, 2.75) is 33.2 Å². The van der Waals surface area contributed by atoms with Crippen molar-refractivity contribution in [1.29, 1.82) is 0 Å². The summed E-state index contributed by atoms with van der Waals surface area (Å²) in [5.74, 6) is 2.37. The number of nitrogens with two attached hydrogens (primary N) is 1. The van der Waals surface area contributed by atoms with E-state index in [9.17, 15) is 0 Å². The largest absolute Gasteiger partial charge is 0.384 e. The molecule has 1 saturated heterocycles. The highest BCUT2D eigenvalue weighted by molar-refractivity contribution is 5.47. The summed E-state index contributed by atoms with van der Waals surface area (Å²) >= 11 is 0. The number of nitrogen functional groups attached to an aromatic ring is 1. The van der Waals surface area contributed by atoms with Gasteiger partial charge in [0.2, 0.25) is 0 Å². The van der Waals surface area contributed by atoms with Crippen molar-refractivity contribution in [2.24, 2.45) is 0 Å². The molecule has 100 valence electrons. The number of nitrogens with zero attached hydrogens (tertiary/aromatic N) is 4. The number of rotatable bonds is 3. The van der Waals surface area contributed by atoms with E-state index < -0.39 is 0 Å². The molecule has 5 nitrogen and oxygen atoms in total. The van der Waals surface area contributed by atoms with Crippen molar-refractivity contribution in [1.82, 2.24) is 14.9 Å². The molecule has 0 saturated carbocycles. The summed E-state index contributed by atoms with van der Waals surface area (Å²) in [4.78, 5) is 13.6. The minimum absolute atomic E-state index is 0.560. The molecule has 2 heterocycles. The first-order valence-electron chi connectivity index (χ1n) is 6.76. The Labute approximate surface area is 109 Å². The molecule has 2 rings (SSSR count). The maximum absolute atomic E-state index is 5.84. The molecule has 1 aliphatic rings. The van der Waals surface area contributed by atoms with Gasteiger partial charge in [-0.15, -0.1) is 0 Å². The Morgan fingerprint density at radius 3 is 2.72 bits per heavy atom. The summed E-state index contributed by atoms with van der Waals surface area (Å²) in [5, 5.41) is 0. The lowest BCUT2D eigenvalue weighted by Gasteiger charge is -2.40. The Balaban J connectivity index is 2.15. The molecule has 0 aromatic carbocycles. The zero-order valence-corrected chi connectivity index (χ0v) is 11.6. The zero-order valence-electron chi connectivity index (χ0n) is 11.6. The average Bonchev–Trinajstić information content (AvgIpc) is 2.37. The number of aryl methyl sites for hydroxylation is 1. The monoisotopic (exact) mass is 249 g/mol. The van der Waals surface area contributed by atoms with E-state index in [1.807, 2.05) is 6.07 Å². The van der Waals surface area contributed by atoms with E-state index >= 15 is 0 Å². The Kier molecular flexibility index (Phi) is 4.01. The minimum Gasteiger partial charge on any atom is -0.384 e. The van der Waals surface area contributed by atoms with Crippen molar-refractivity contribution in [3.8, 4) is 0 Å². The molecule has 1 aliphatic heterocycles. The van der Waals surface area contributed by atoms with Crippen LogP contribution in [0.1, 0.15) is 26.6 Å². The van der Waals surface area contributed by atoms with Gasteiger partial charge in [0.1, 0.15) is 17.5 Å². The summed E-state index contributed by atoms with van der Waals surface area (Å²) < 4.78 is 0. The fourth-order valence-corrected chi connectivity index (χ4v) is 2.50. The quantitative estimate of drug-likeness (QED) is 0.871. The van der Waals surface area contributed by atoms with Crippen LogP contribution in [-0.2, 0) is 6.42 Å². The Hall–Kier alpha value is -1.36. The maximum atomic E-state index is 5.84. The van der Waals surface area contributed by atoms with Crippen LogP contribution >= 0.6 is 0 Å². The van der Waals surface area contributed by atoms with Gasteiger partial charge in [0, 0.05) is 38.2 Å². The third-order valence-corrected chi connectivity index (χ3v) is 3.59. The predicted octanol–water partition coefficient (Wildman–Crippen LogP) is 1.15. The third-order valence-electron chi connectivity index (χ3n) is 3.59. The molecule has 5 heteroatoms. The van der Waals surface area contributed by atoms with E-state index in [0.29, 0.717) is 11.9 Å². The van der Waals surface area contributed by atoms with Crippen LogP contribution in [0.2, 0.25) is 0 Å². The van der Waals surface area contributed by atoms with Gasteiger partial charge in [-0.3, -0.25) is 4.90 Å². The van der Waals surface area contributed by atoms with Crippen LogP contribution in [0.4, 0.5) is 11.6 Å². The smallest absolute Gasteiger partial charge is 0.134 e. The second kappa shape index (κ2) is 5.52. The lowest BCUT2D eigenvalue weighted by Crippen LogP contribution is -2.52. The van der Waals surface area contributed by atoms with Crippen molar-refractivity contribution in [3.63, 3.8) is 0 Å². The topological polar surface area (TPSA) is 58.3 Å². The number of hydrogen-bond acceptors (Lipinski definition) is 5. The summed E-state index contributed by atoms with van der Waals surface area (Å²) in [5.41, 5.74) is 5.84. The van der Waals surface area contributed by atoms with Crippen LogP contribution in [0.25, 0.3) is 0 Å². The Bertz CT molecular complexity index is 406. The van der Waals surface area contributed by atoms with Gasteiger partial charge in [-0.25, -0.2) is 9.97 Å². The first-order valence-corrected chi connectivity index (χ1v) is 6.76. The van der Waals surface area contributed by atoms with Gasteiger partial charge < -0.3 is 10.6 Å². The molecule has 0 spiro atoms. The van der Waals surface area contributed by atoms with E-state index in [1.54, 1.807) is 0 Å². The highest BCUT2D eigenvalue weighted by Crippen LogP contribution is 2.18. The molecule has 1 atom stereocenters. The van der Waals surface area contributed by atoms with Crippen LogP contribution in [0, 0.1) is 0 Å². The van der Waals surface area contributed by atoms with Crippen LogP contribution < -0.4 is 10.6 Å². The van der Waals surface area contributed by atoms with Crippen molar-refractivity contribution in [2.75, 3.05) is 36.8 Å². The second-order valence-corrected chi connectivity index (χ2v) is 4.84. The minimum atomic E-state index is 0.560. The van der Waals surface area contributed by atoms with E-state index in [0.717, 1.165) is 44.2 Å². The summed E-state index contributed by atoms with van der Waals surface area (Å²) in [6, 6.07) is 2.44. The van der Waals surface area contributed by atoms with Crippen LogP contribution in [0.15, 0.2) is 6.07 Å². The lowest BCUT2D eigenvalue weighted by molar-refractivity contribution is 0.199. The van der Waals surface area contributed by atoms with Gasteiger partial charge in [-0.05, 0) is 13.5 Å². The Morgan fingerprint density at radius 2 is 2.11 bits per heavy atom. The molecule has 1 fully saturated rings. The summed E-state index contributed by atoms with van der Waals surface area (Å²) in [6.07, 6.45) is 0.822. The Morgan fingerprint density at radius 1 is 1.33 bits per heavy atom. The van der Waals surface area contributed by atoms with Gasteiger partial charge in [0.05, 0.1) is 0 Å². The molecular weight excluding hydrogens is 226 g/mol. The van der Waals surface area contributed by atoms with Crippen LogP contribution in [0.5, 0.6) is 0 Å². The fourth-order valence-electron chi connectivity index (χ4n) is 2.50. The summed E-state index contributed by atoms with van der Waals surface area (Å²) in [7, 11) is 0. The van der Waals surface area contributed by atoms with E-state index in [1.165, 1.54) is 0 Å². The van der Waals surface area contributed by atoms with Gasteiger partial charge in [-0.2, -0.15) is 0 Å². The molecule has 18 heavy (non-hydrogen) atoms. The first kappa shape index (κ1) is 13.1. The molecule has 1 aromatic rings. The van der Waals surface area contributed by atoms with E-state index in [2.05, 4.69) is 40.5 Å².